The predicted octanol–water partition coefficient (Wildman–Crippen LogP) is 2.21. The molecule has 1 spiro atoms. The summed E-state index contributed by atoms with van der Waals surface area (Å²) >= 11 is 1.77. The topological polar surface area (TPSA) is 28.2 Å². The van der Waals surface area contributed by atoms with Crippen molar-refractivity contribution in [1.82, 2.24) is 15.2 Å². The largest absolute Gasteiger partial charge is 0.309 e. The first-order valence-electron chi connectivity index (χ1n) is 7.14. The van der Waals surface area contributed by atoms with Crippen molar-refractivity contribution in [2.24, 2.45) is 0 Å². The Hall–Kier alpha value is -0.450. The van der Waals surface area contributed by atoms with E-state index in [1.807, 2.05) is 0 Å². The van der Waals surface area contributed by atoms with E-state index >= 15 is 0 Å². The van der Waals surface area contributed by atoms with Crippen LogP contribution in [0.4, 0.5) is 0 Å². The van der Waals surface area contributed by atoms with E-state index in [2.05, 4.69) is 27.5 Å². The number of aromatic nitrogens is 1. The maximum atomic E-state index is 4.56. The minimum absolute atomic E-state index is 0.455. The van der Waals surface area contributed by atoms with Crippen LogP contribution in [0, 0.1) is 6.92 Å². The third-order valence-corrected chi connectivity index (χ3v) is 5.19. The summed E-state index contributed by atoms with van der Waals surface area (Å²) in [4.78, 5) is 7.20. The van der Waals surface area contributed by atoms with E-state index in [1.165, 1.54) is 56.0 Å². The van der Waals surface area contributed by atoms with Crippen molar-refractivity contribution in [3.05, 3.63) is 16.1 Å². The van der Waals surface area contributed by atoms with E-state index in [0.717, 1.165) is 13.0 Å². The molecule has 2 heterocycles. The molecule has 0 radical (unpaired) electrons. The number of nitrogens with zero attached hydrogens (tertiary/aromatic N) is 2. The lowest BCUT2D eigenvalue weighted by Gasteiger charge is -2.41. The predicted molar refractivity (Wildman–Crippen MR) is 76.2 cm³/mol. The lowest BCUT2D eigenvalue weighted by Crippen LogP contribution is -2.59. The van der Waals surface area contributed by atoms with Crippen LogP contribution < -0.4 is 5.32 Å². The van der Waals surface area contributed by atoms with E-state index in [9.17, 15) is 0 Å². The van der Waals surface area contributed by atoms with Crippen LogP contribution in [0.15, 0.2) is 5.38 Å². The molecule has 2 aliphatic rings. The zero-order valence-corrected chi connectivity index (χ0v) is 12.1. The van der Waals surface area contributed by atoms with Crippen LogP contribution in [-0.4, -0.2) is 41.6 Å². The Morgan fingerprint density at radius 2 is 2.28 bits per heavy atom. The van der Waals surface area contributed by atoms with Crippen LogP contribution in [0.2, 0.25) is 0 Å². The lowest BCUT2D eigenvalue weighted by atomic mass is 9.94. The van der Waals surface area contributed by atoms with E-state index in [-0.39, 0.29) is 0 Å². The first kappa shape index (κ1) is 12.6. The Bertz CT molecular complexity index is 395. The summed E-state index contributed by atoms with van der Waals surface area (Å²) in [6.07, 6.45) is 6.68. The highest BCUT2D eigenvalue weighted by Crippen LogP contribution is 2.31. The van der Waals surface area contributed by atoms with Crippen molar-refractivity contribution in [2.75, 3.05) is 26.2 Å². The van der Waals surface area contributed by atoms with E-state index in [4.69, 9.17) is 0 Å². The van der Waals surface area contributed by atoms with Gasteiger partial charge in [0.1, 0.15) is 0 Å². The van der Waals surface area contributed by atoms with Crippen LogP contribution in [-0.2, 0) is 6.42 Å². The lowest BCUT2D eigenvalue weighted by molar-refractivity contribution is 0.136. The van der Waals surface area contributed by atoms with Gasteiger partial charge >= 0.3 is 0 Å². The molecule has 0 atom stereocenters. The van der Waals surface area contributed by atoms with Crippen molar-refractivity contribution in [2.45, 2.75) is 44.6 Å². The molecule has 1 aliphatic carbocycles. The number of hydrogen-bond acceptors (Lipinski definition) is 4. The summed E-state index contributed by atoms with van der Waals surface area (Å²) in [5.41, 5.74) is 1.73. The zero-order valence-electron chi connectivity index (χ0n) is 11.2. The van der Waals surface area contributed by atoms with Crippen LogP contribution in [0.1, 0.15) is 36.4 Å². The van der Waals surface area contributed by atoms with Crippen molar-refractivity contribution >= 4 is 11.3 Å². The Morgan fingerprint density at radius 3 is 3.00 bits per heavy atom. The number of thiazole rings is 1. The summed E-state index contributed by atoms with van der Waals surface area (Å²) in [5.74, 6) is 0. The minimum Gasteiger partial charge on any atom is -0.309 e. The Kier molecular flexibility index (Phi) is 3.68. The Balaban J connectivity index is 1.53. The van der Waals surface area contributed by atoms with Gasteiger partial charge in [0.15, 0.2) is 0 Å². The van der Waals surface area contributed by atoms with Gasteiger partial charge in [-0.15, -0.1) is 11.3 Å². The fourth-order valence-corrected chi connectivity index (χ4v) is 4.06. The molecule has 0 amide bonds. The number of nitrogens with one attached hydrogen (secondary N) is 1. The average molecular weight is 265 g/mol. The minimum atomic E-state index is 0.455. The number of rotatable bonds is 3. The normalized spacial score (nSPS) is 23.8. The fraction of sp³-hybridized carbons (Fsp3) is 0.786. The molecule has 1 aromatic rings. The molecular weight excluding hydrogens is 242 g/mol. The van der Waals surface area contributed by atoms with E-state index in [0.29, 0.717) is 5.54 Å². The first-order chi connectivity index (χ1) is 8.76. The summed E-state index contributed by atoms with van der Waals surface area (Å²) in [5, 5.41) is 7.17. The summed E-state index contributed by atoms with van der Waals surface area (Å²) in [6, 6.07) is 0. The number of piperazine rings is 1. The van der Waals surface area contributed by atoms with Crippen molar-refractivity contribution < 1.29 is 0 Å². The fourth-order valence-electron chi connectivity index (χ4n) is 3.42. The molecule has 0 unspecified atom stereocenters. The van der Waals surface area contributed by atoms with Gasteiger partial charge in [-0.1, -0.05) is 12.8 Å². The van der Waals surface area contributed by atoms with Gasteiger partial charge in [-0.2, -0.15) is 0 Å². The second kappa shape index (κ2) is 5.27. The molecule has 0 aromatic carbocycles. The first-order valence-corrected chi connectivity index (χ1v) is 8.02. The van der Waals surface area contributed by atoms with Gasteiger partial charge in [-0.3, -0.25) is 4.90 Å². The standard InChI is InChI=1S/C14H23N3S/c1-12-16-13(10-18-12)4-8-17-9-7-15-14(11-17)5-2-3-6-14/h10,15H,2-9,11H2,1H3. The molecule has 18 heavy (non-hydrogen) atoms. The van der Waals surface area contributed by atoms with Crippen LogP contribution in [0.25, 0.3) is 0 Å². The molecular formula is C14H23N3S. The summed E-state index contributed by atoms with van der Waals surface area (Å²) in [7, 11) is 0. The SMILES string of the molecule is Cc1nc(CCN2CCNC3(CCCC3)C2)cs1. The van der Waals surface area contributed by atoms with Crippen molar-refractivity contribution in [1.29, 1.82) is 0 Å². The molecule has 1 aromatic heterocycles. The molecule has 4 heteroatoms. The van der Waals surface area contributed by atoms with Gasteiger partial charge in [0.2, 0.25) is 0 Å². The average Bonchev–Trinajstić information content (AvgIpc) is 2.97. The third-order valence-electron chi connectivity index (χ3n) is 4.37. The molecule has 100 valence electrons. The molecule has 3 rings (SSSR count). The van der Waals surface area contributed by atoms with Gasteiger partial charge < -0.3 is 5.32 Å². The highest BCUT2D eigenvalue weighted by molar-refractivity contribution is 7.09. The number of hydrogen-bond donors (Lipinski definition) is 1. The maximum absolute atomic E-state index is 4.56. The Morgan fingerprint density at radius 1 is 1.44 bits per heavy atom. The molecule has 1 aliphatic heterocycles. The van der Waals surface area contributed by atoms with Crippen LogP contribution >= 0.6 is 11.3 Å². The summed E-state index contributed by atoms with van der Waals surface area (Å²) in [6.45, 7) is 6.87. The van der Waals surface area contributed by atoms with Gasteiger partial charge in [0.25, 0.3) is 0 Å². The number of aryl methyl sites for hydroxylation is 1. The van der Waals surface area contributed by atoms with Gasteiger partial charge in [-0.25, -0.2) is 4.98 Å². The maximum Gasteiger partial charge on any atom is 0.0897 e. The van der Waals surface area contributed by atoms with Gasteiger partial charge in [0.05, 0.1) is 10.7 Å². The third kappa shape index (κ3) is 2.76. The second-order valence-electron chi connectivity index (χ2n) is 5.80. The van der Waals surface area contributed by atoms with Crippen molar-refractivity contribution in [3.63, 3.8) is 0 Å². The molecule has 1 saturated heterocycles. The van der Waals surface area contributed by atoms with Gasteiger partial charge in [-0.05, 0) is 19.8 Å². The second-order valence-corrected chi connectivity index (χ2v) is 6.86. The smallest absolute Gasteiger partial charge is 0.0897 e. The summed E-state index contributed by atoms with van der Waals surface area (Å²) < 4.78 is 0. The zero-order chi connectivity index (χ0) is 12.4. The highest BCUT2D eigenvalue weighted by atomic mass is 32.1. The Labute approximate surface area is 114 Å². The monoisotopic (exact) mass is 265 g/mol. The molecule has 3 nitrogen and oxygen atoms in total. The van der Waals surface area contributed by atoms with E-state index in [1.54, 1.807) is 11.3 Å². The van der Waals surface area contributed by atoms with Gasteiger partial charge in [0, 0.05) is 43.5 Å². The molecule has 1 saturated carbocycles. The molecule has 1 N–H and O–H groups in total. The highest BCUT2D eigenvalue weighted by Gasteiger charge is 2.37. The van der Waals surface area contributed by atoms with Crippen molar-refractivity contribution in [3.8, 4) is 0 Å². The molecule has 0 bridgehead atoms. The van der Waals surface area contributed by atoms with Crippen LogP contribution in [0.5, 0.6) is 0 Å². The quantitative estimate of drug-likeness (QED) is 0.908. The molecule has 2 fully saturated rings. The van der Waals surface area contributed by atoms with E-state index < -0.39 is 0 Å². The van der Waals surface area contributed by atoms with Crippen LogP contribution in [0.3, 0.4) is 0 Å².